The highest BCUT2D eigenvalue weighted by molar-refractivity contribution is 7.89. The van der Waals surface area contributed by atoms with Gasteiger partial charge in [-0.1, -0.05) is 0 Å². The highest BCUT2D eigenvalue weighted by Gasteiger charge is 2.30. The first-order valence-corrected chi connectivity index (χ1v) is 11.4. The highest BCUT2D eigenvalue weighted by atomic mass is 32.2. The van der Waals surface area contributed by atoms with E-state index in [0.717, 1.165) is 11.3 Å². The highest BCUT2D eigenvalue weighted by Crippen LogP contribution is 2.33. The first-order chi connectivity index (χ1) is 14.6. The van der Waals surface area contributed by atoms with Crippen LogP contribution in [-0.2, 0) is 26.0 Å². The molecule has 0 fully saturated rings. The first-order valence-electron chi connectivity index (χ1n) is 9.92. The molecule has 0 radical (unpaired) electrons. The molecule has 2 aromatic rings. The van der Waals surface area contributed by atoms with Crippen LogP contribution >= 0.6 is 0 Å². The van der Waals surface area contributed by atoms with E-state index in [1.165, 1.54) is 19.9 Å². The second-order valence-electron chi connectivity index (χ2n) is 7.56. The number of hydrogen-bond donors (Lipinski definition) is 2. The summed E-state index contributed by atoms with van der Waals surface area (Å²) in [6, 6.07) is 11.1. The number of nitrogens with zero attached hydrogens (tertiary/aromatic N) is 1. The number of benzene rings is 2. The van der Waals surface area contributed by atoms with Crippen molar-refractivity contribution < 1.29 is 22.8 Å². The van der Waals surface area contributed by atoms with E-state index in [9.17, 15) is 22.8 Å². The van der Waals surface area contributed by atoms with Gasteiger partial charge >= 0.3 is 0 Å². The van der Waals surface area contributed by atoms with Gasteiger partial charge in [-0.15, -0.1) is 0 Å². The zero-order valence-electron chi connectivity index (χ0n) is 17.6. The van der Waals surface area contributed by atoms with Crippen molar-refractivity contribution >= 4 is 39.0 Å². The Morgan fingerprint density at radius 1 is 1.06 bits per heavy atom. The van der Waals surface area contributed by atoms with E-state index in [2.05, 4.69) is 10.0 Å². The van der Waals surface area contributed by atoms with Crippen molar-refractivity contribution in [3.63, 3.8) is 0 Å². The van der Waals surface area contributed by atoms with Crippen molar-refractivity contribution in [2.75, 3.05) is 16.8 Å². The van der Waals surface area contributed by atoms with Crippen LogP contribution in [0.2, 0.25) is 0 Å². The number of fused-ring (bicyclic) bond motifs is 1. The second-order valence-corrected chi connectivity index (χ2v) is 9.33. The number of amides is 2. The predicted molar refractivity (Wildman–Crippen MR) is 118 cm³/mol. The average molecular weight is 444 g/mol. The Bertz CT molecular complexity index is 1130. The molecule has 8 nitrogen and oxygen atoms in total. The van der Waals surface area contributed by atoms with Gasteiger partial charge < -0.3 is 10.2 Å². The number of carbonyl (C=O) groups excluding carboxylic acids is 3. The molecule has 2 amide bonds. The number of carbonyl (C=O) groups is 3. The van der Waals surface area contributed by atoms with Crippen molar-refractivity contribution in [3.05, 3.63) is 53.6 Å². The number of sulfonamides is 1. The van der Waals surface area contributed by atoms with Gasteiger partial charge in [-0.2, -0.15) is 0 Å². The molecular weight excluding hydrogens is 418 g/mol. The van der Waals surface area contributed by atoms with Gasteiger partial charge in [0.2, 0.25) is 21.8 Å². The minimum atomic E-state index is -3.79. The lowest BCUT2D eigenvalue weighted by molar-refractivity contribution is -0.117. The monoisotopic (exact) mass is 443 g/mol. The molecule has 1 atom stereocenters. The van der Waals surface area contributed by atoms with Crippen LogP contribution in [0.4, 0.5) is 11.4 Å². The minimum absolute atomic E-state index is 0.0216. The van der Waals surface area contributed by atoms with E-state index < -0.39 is 10.0 Å². The van der Waals surface area contributed by atoms with Crippen molar-refractivity contribution in [2.45, 2.75) is 44.6 Å². The van der Waals surface area contributed by atoms with Crippen LogP contribution in [-0.4, -0.2) is 38.6 Å². The third-order valence-corrected chi connectivity index (χ3v) is 6.59. The summed E-state index contributed by atoms with van der Waals surface area (Å²) >= 11 is 0. The van der Waals surface area contributed by atoms with Crippen LogP contribution in [0.5, 0.6) is 0 Å². The fraction of sp³-hybridized carbons (Fsp3) is 0.318. The maximum Gasteiger partial charge on any atom is 0.240 e. The molecule has 0 aliphatic carbocycles. The van der Waals surface area contributed by atoms with E-state index in [4.69, 9.17) is 0 Å². The molecule has 1 unspecified atom stereocenters. The number of ketones is 1. The Morgan fingerprint density at radius 2 is 1.74 bits per heavy atom. The van der Waals surface area contributed by atoms with Crippen molar-refractivity contribution in [1.82, 2.24) is 4.72 Å². The molecule has 1 heterocycles. The van der Waals surface area contributed by atoms with Crippen LogP contribution < -0.4 is 14.9 Å². The molecule has 0 bridgehead atoms. The molecule has 31 heavy (non-hydrogen) atoms. The molecule has 3 rings (SSSR count). The molecule has 2 aromatic carbocycles. The summed E-state index contributed by atoms with van der Waals surface area (Å²) in [7, 11) is -3.79. The van der Waals surface area contributed by atoms with Crippen molar-refractivity contribution in [3.8, 4) is 0 Å². The SMILES string of the molecule is CC(=O)c1ccc(NC(=O)CCNS(=O)(=O)c2ccc3c(c2)CC(C)N3C(C)=O)cc1. The molecule has 0 aromatic heterocycles. The molecule has 1 aliphatic heterocycles. The van der Waals surface area contributed by atoms with E-state index in [-0.39, 0.29) is 41.5 Å². The van der Waals surface area contributed by atoms with Crippen LogP contribution in [0.3, 0.4) is 0 Å². The van der Waals surface area contributed by atoms with Gasteiger partial charge in [0.1, 0.15) is 0 Å². The number of anilines is 2. The Morgan fingerprint density at radius 3 is 2.35 bits per heavy atom. The minimum Gasteiger partial charge on any atom is -0.326 e. The van der Waals surface area contributed by atoms with Gasteiger partial charge in [-0.25, -0.2) is 13.1 Å². The average Bonchev–Trinajstić information content (AvgIpc) is 3.03. The van der Waals surface area contributed by atoms with Crippen molar-refractivity contribution in [2.24, 2.45) is 0 Å². The normalized spacial score (nSPS) is 15.5. The Hall–Kier alpha value is -3.04. The fourth-order valence-electron chi connectivity index (χ4n) is 3.65. The summed E-state index contributed by atoms with van der Waals surface area (Å²) in [6.45, 7) is 4.80. The molecule has 0 saturated heterocycles. The number of rotatable bonds is 7. The third-order valence-electron chi connectivity index (χ3n) is 5.14. The van der Waals surface area contributed by atoms with E-state index in [1.807, 2.05) is 6.92 Å². The molecule has 9 heteroatoms. The van der Waals surface area contributed by atoms with Crippen LogP contribution in [0.25, 0.3) is 0 Å². The fourth-order valence-corrected chi connectivity index (χ4v) is 4.73. The summed E-state index contributed by atoms with van der Waals surface area (Å²) in [5.74, 6) is -0.498. The summed E-state index contributed by atoms with van der Waals surface area (Å²) < 4.78 is 27.7. The maximum absolute atomic E-state index is 12.6. The molecule has 0 spiro atoms. The largest absolute Gasteiger partial charge is 0.326 e. The van der Waals surface area contributed by atoms with Crippen molar-refractivity contribution in [1.29, 1.82) is 0 Å². The van der Waals surface area contributed by atoms with Gasteiger partial charge in [0.05, 0.1) is 4.90 Å². The number of hydrogen-bond acceptors (Lipinski definition) is 5. The van der Waals surface area contributed by atoms with Crippen LogP contribution in [0.1, 0.15) is 43.1 Å². The summed E-state index contributed by atoms with van der Waals surface area (Å²) in [5, 5.41) is 2.67. The quantitative estimate of drug-likeness (QED) is 0.639. The molecular formula is C22H25N3O5S. The zero-order valence-corrected chi connectivity index (χ0v) is 18.5. The predicted octanol–water partition coefficient (Wildman–Crippen LogP) is 2.49. The Kier molecular flexibility index (Phi) is 6.56. The van der Waals surface area contributed by atoms with Gasteiger partial charge in [0.25, 0.3) is 0 Å². The van der Waals surface area contributed by atoms with E-state index in [0.29, 0.717) is 17.7 Å². The lowest BCUT2D eigenvalue weighted by atomic mass is 10.1. The lowest BCUT2D eigenvalue weighted by Crippen LogP contribution is -2.33. The van der Waals surface area contributed by atoms with Gasteiger partial charge in [-0.3, -0.25) is 14.4 Å². The second kappa shape index (κ2) is 8.99. The maximum atomic E-state index is 12.6. The molecule has 1 aliphatic rings. The van der Waals surface area contributed by atoms with Gasteiger partial charge in [0, 0.05) is 42.9 Å². The zero-order chi connectivity index (χ0) is 22.8. The first kappa shape index (κ1) is 22.6. The van der Waals surface area contributed by atoms with E-state index >= 15 is 0 Å². The van der Waals surface area contributed by atoms with Crippen LogP contribution in [0, 0.1) is 0 Å². The molecule has 0 saturated carbocycles. The van der Waals surface area contributed by atoms with Gasteiger partial charge in [0.15, 0.2) is 5.78 Å². The van der Waals surface area contributed by atoms with E-state index in [1.54, 1.807) is 41.3 Å². The van der Waals surface area contributed by atoms with Gasteiger partial charge in [-0.05, 0) is 68.3 Å². The standard InChI is InChI=1S/C22H25N3O5S/c1-14-12-18-13-20(8-9-21(18)25(14)16(3)27)31(29,30)23-11-10-22(28)24-19-6-4-17(5-7-19)15(2)26/h4-9,13-14,23H,10-12H2,1-3H3,(H,24,28). The number of nitrogens with one attached hydrogen (secondary N) is 2. The van der Waals surface area contributed by atoms with Crippen LogP contribution in [0.15, 0.2) is 47.4 Å². The molecule has 2 N–H and O–H groups in total. The summed E-state index contributed by atoms with van der Waals surface area (Å²) in [5.41, 5.74) is 2.60. The topological polar surface area (TPSA) is 113 Å². The Labute approximate surface area is 181 Å². The number of Topliss-reactive ketones (excluding diaryl/α,β-unsaturated/α-hetero) is 1. The third kappa shape index (κ3) is 5.18. The molecule has 164 valence electrons. The Balaban J connectivity index is 1.58. The lowest BCUT2D eigenvalue weighted by Gasteiger charge is -2.20. The summed E-state index contributed by atoms with van der Waals surface area (Å²) in [6.07, 6.45) is 0.539. The smallest absolute Gasteiger partial charge is 0.240 e. The summed E-state index contributed by atoms with van der Waals surface area (Å²) in [4.78, 5) is 37.0.